The van der Waals surface area contributed by atoms with Gasteiger partial charge in [0, 0.05) is 0 Å². The van der Waals surface area contributed by atoms with Crippen LogP contribution in [0.1, 0.15) is 66.2 Å². The Kier molecular flexibility index (Phi) is 11.9. The van der Waals surface area contributed by atoms with Crippen LogP contribution in [0.4, 0.5) is 5.95 Å². The van der Waals surface area contributed by atoms with Crippen molar-refractivity contribution in [1.29, 1.82) is 0 Å². The fourth-order valence-electron chi connectivity index (χ4n) is 5.90. The summed E-state index contributed by atoms with van der Waals surface area (Å²) in [6.45, 7) is 11.9. The Hall–Kier alpha value is -4.38. The number of imidazole rings is 1. The summed E-state index contributed by atoms with van der Waals surface area (Å²) in [6, 6.07) is 9.21. The first-order valence-corrected chi connectivity index (χ1v) is 18.9. The smallest absolute Gasteiger partial charge is 0.459 e. The topological polar surface area (TPSA) is 229 Å². The molecule has 1 fully saturated rings. The maximum absolute atomic E-state index is 14.7. The molecule has 294 valence electrons. The van der Waals surface area contributed by atoms with Crippen molar-refractivity contribution >= 4 is 47.6 Å². The quantitative estimate of drug-likeness (QED) is 0.104. The number of aromatic nitrogens is 4. The molecule has 2 aromatic carbocycles. The number of nitrogens with one attached hydrogen (secondary N) is 1. The number of anilines is 1. The number of rotatable bonds is 14. The molecule has 3 heterocycles. The minimum absolute atomic E-state index is 0.101. The highest BCUT2D eigenvalue weighted by atomic mass is 31.2. The summed E-state index contributed by atoms with van der Waals surface area (Å²) in [5.74, 6) is -1.84. The highest BCUT2D eigenvalue weighted by Crippen LogP contribution is 2.48. The fourth-order valence-corrected chi connectivity index (χ4v) is 7.56. The number of hydrogen-bond donors (Lipinski definition) is 4. The average molecular weight is 773 g/mol. The molecule has 0 saturated carbocycles. The predicted octanol–water partition coefficient (Wildman–Crippen LogP) is 4.26. The van der Waals surface area contributed by atoms with Crippen LogP contribution in [-0.2, 0) is 32.9 Å². The van der Waals surface area contributed by atoms with E-state index in [2.05, 4.69) is 20.0 Å². The van der Waals surface area contributed by atoms with Gasteiger partial charge < -0.3 is 39.4 Å². The monoisotopic (exact) mass is 772 g/mol. The van der Waals surface area contributed by atoms with Crippen molar-refractivity contribution in [3.8, 4) is 11.6 Å². The lowest BCUT2D eigenvalue weighted by molar-refractivity contribution is -0.149. The van der Waals surface area contributed by atoms with Crippen molar-refractivity contribution in [3.63, 3.8) is 0 Å². The first-order chi connectivity index (χ1) is 25.3. The van der Waals surface area contributed by atoms with E-state index in [0.29, 0.717) is 5.39 Å². The van der Waals surface area contributed by atoms with Crippen molar-refractivity contribution in [2.45, 2.75) is 84.5 Å². The van der Waals surface area contributed by atoms with E-state index in [0.717, 1.165) is 10.9 Å². The molecule has 4 aromatic rings. The Morgan fingerprint density at radius 1 is 1.09 bits per heavy atom. The molecule has 0 bridgehead atoms. The molecular formula is C36H49N6O11P. The molecule has 1 saturated heterocycles. The minimum Gasteiger partial charge on any atom is -0.479 e. The third-order valence-electron chi connectivity index (χ3n) is 9.00. The average Bonchev–Trinajstić information content (AvgIpc) is 3.63. The van der Waals surface area contributed by atoms with Gasteiger partial charge in [0.1, 0.15) is 29.6 Å². The molecule has 5 N–H and O–H groups in total. The highest BCUT2D eigenvalue weighted by molar-refractivity contribution is 7.52. The van der Waals surface area contributed by atoms with Crippen molar-refractivity contribution in [1.82, 2.24) is 24.6 Å². The van der Waals surface area contributed by atoms with E-state index in [1.807, 2.05) is 26.8 Å². The standard InChI is InChI=1S/C36H49N6O11P/c1-19(2)26(32(45)50-17-35(4,5)6)41-54(47,53-24-13-12-22-14-21(10-11-23(22)15-24)20(3)31(44)49-9)51-16-25-28(43)36(7,46)33(52-25)42-18-38-27-29(42)39-34(37)40-30(27)48-8/h10-15,18-20,25-26,28,33,43,46H,16-17H2,1-9H3,(H,41,47)(H2,37,39,40)/t20?,25-,26+,28-,33?,36-,54?/m1/s1. The minimum atomic E-state index is -4.50. The van der Waals surface area contributed by atoms with E-state index in [9.17, 15) is 24.4 Å². The SMILES string of the molecule is COC(=O)C(C)c1ccc2cc(OP(=O)(N[C@H](C(=O)OCC(C)(C)C)C(C)C)OC[C@H]3OC(n4cnc5c(OC)nc(N)nc54)[C@](C)(O)[C@@H]3O)ccc2c1. The molecule has 5 rings (SSSR count). The van der Waals surface area contributed by atoms with E-state index in [4.69, 9.17) is 33.7 Å². The summed E-state index contributed by atoms with van der Waals surface area (Å²) in [6.07, 6.45) is -2.77. The van der Waals surface area contributed by atoms with Gasteiger partial charge in [-0.1, -0.05) is 58.9 Å². The largest absolute Gasteiger partial charge is 0.479 e. The van der Waals surface area contributed by atoms with Crippen LogP contribution in [0.3, 0.4) is 0 Å². The number of ether oxygens (including phenoxy) is 4. The van der Waals surface area contributed by atoms with Crippen LogP contribution in [-0.4, -0.2) is 93.0 Å². The lowest BCUT2D eigenvalue weighted by Crippen LogP contribution is -2.45. The molecule has 1 aliphatic heterocycles. The third-order valence-corrected chi connectivity index (χ3v) is 10.5. The second-order valence-corrected chi connectivity index (χ2v) is 16.7. The molecule has 7 atom stereocenters. The summed E-state index contributed by atoms with van der Waals surface area (Å²) in [7, 11) is -1.78. The highest BCUT2D eigenvalue weighted by Gasteiger charge is 2.54. The van der Waals surface area contributed by atoms with E-state index < -0.39 is 62.2 Å². The Morgan fingerprint density at radius 2 is 1.78 bits per heavy atom. The molecule has 2 aromatic heterocycles. The van der Waals surface area contributed by atoms with Gasteiger partial charge >= 0.3 is 19.7 Å². The van der Waals surface area contributed by atoms with Gasteiger partial charge in [-0.25, -0.2) is 9.55 Å². The Bertz CT molecular complexity index is 2050. The number of esters is 2. The fraction of sp³-hybridized carbons (Fsp3) is 0.528. The van der Waals surface area contributed by atoms with Gasteiger partial charge in [-0.05, 0) is 53.6 Å². The summed E-state index contributed by atoms with van der Waals surface area (Å²) >= 11 is 0. The zero-order valence-corrected chi connectivity index (χ0v) is 32.7. The molecule has 3 unspecified atom stereocenters. The summed E-state index contributed by atoms with van der Waals surface area (Å²) in [5, 5.41) is 27.1. The number of hydrogen-bond acceptors (Lipinski definition) is 15. The van der Waals surface area contributed by atoms with Gasteiger partial charge in [-0.15, -0.1) is 0 Å². The van der Waals surface area contributed by atoms with Crippen LogP contribution in [0.5, 0.6) is 11.6 Å². The molecule has 54 heavy (non-hydrogen) atoms. The van der Waals surface area contributed by atoms with E-state index >= 15 is 0 Å². The first kappa shape index (κ1) is 40.8. The van der Waals surface area contributed by atoms with Crippen molar-refractivity contribution in [3.05, 3.63) is 48.3 Å². The van der Waals surface area contributed by atoms with Gasteiger partial charge in [-0.3, -0.25) is 18.7 Å². The van der Waals surface area contributed by atoms with Crippen LogP contribution in [0.25, 0.3) is 21.9 Å². The number of carbonyl (C=O) groups excluding carboxylic acids is 2. The Morgan fingerprint density at radius 3 is 2.43 bits per heavy atom. The van der Waals surface area contributed by atoms with Crippen molar-refractivity contribution in [2.75, 3.05) is 33.2 Å². The maximum Gasteiger partial charge on any atom is 0.459 e. The number of benzene rings is 2. The number of carbonyl (C=O) groups is 2. The van der Waals surface area contributed by atoms with E-state index in [1.165, 1.54) is 32.0 Å². The third kappa shape index (κ3) is 8.77. The molecule has 0 radical (unpaired) electrons. The normalized spacial score (nSPS) is 22.6. The van der Waals surface area contributed by atoms with E-state index in [-0.39, 0.29) is 46.7 Å². The van der Waals surface area contributed by atoms with Crippen molar-refractivity contribution < 1.29 is 52.4 Å². The molecule has 18 heteroatoms. The first-order valence-electron chi connectivity index (χ1n) is 17.4. The maximum atomic E-state index is 14.7. The molecule has 0 aliphatic carbocycles. The zero-order valence-electron chi connectivity index (χ0n) is 31.8. The number of nitrogens with two attached hydrogens (primary N) is 1. The van der Waals surface area contributed by atoms with Gasteiger partial charge in [0.05, 0.1) is 39.7 Å². The van der Waals surface area contributed by atoms with E-state index in [1.54, 1.807) is 51.1 Å². The number of methoxy groups -OCH3 is 2. The van der Waals surface area contributed by atoms with Crippen LogP contribution >= 0.6 is 7.75 Å². The van der Waals surface area contributed by atoms with Gasteiger partial charge in [0.15, 0.2) is 17.4 Å². The summed E-state index contributed by atoms with van der Waals surface area (Å²) in [4.78, 5) is 38.0. The number of aliphatic hydroxyl groups excluding tert-OH is 1. The molecule has 0 spiro atoms. The van der Waals surface area contributed by atoms with Crippen LogP contribution < -0.4 is 20.1 Å². The number of nitrogens with zero attached hydrogens (tertiary/aromatic N) is 4. The van der Waals surface area contributed by atoms with Crippen LogP contribution in [0, 0.1) is 11.3 Å². The number of nitrogen functional groups attached to an aromatic ring is 1. The second kappa shape index (κ2) is 15.8. The van der Waals surface area contributed by atoms with Crippen LogP contribution in [0.15, 0.2) is 42.7 Å². The predicted molar refractivity (Wildman–Crippen MR) is 198 cm³/mol. The van der Waals surface area contributed by atoms with Crippen LogP contribution in [0.2, 0.25) is 0 Å². The summed E-state index contributed by atoms with van der Waals surface area (Å²) < 4.78 is 49.9. The Balaban J connectivity index is 1.44. The van der Waals surface area contributed by atoms with Crippen molar-refractivity contribution in [2.24, 2.45) is 11.3 Å². The Labute approximate surface area is 313 Å². The second-order valence-electron chi connectivity index (χ2n) is 15.0. The molecule has 0 amide bonds. The number of aliphatic hydroxyl groups is 2. The lowest BCUT2D eigenvalue weighted by Gasteiger charge is -2.29. The van der Waals surface area contributed by atoms with Gasteiger partial charge in [0.25, 0.3) is 0 Å². The van der Waals surface area contributed by atoms with Gasteiger partial charge in [-0.2, -0.15) is 15.1 Å². The molecule has 17 nitrogen and oxygen atoms in total. The molecular weight excluding hydrogens is 723 g/mol. The number of fused-ring (bicyclic) bond motifs is 2. The molecule has 1 aliphatic rings. The summed E-state index contributed by atoms with van der Waals surface area (Å²) in [5.41, 5.74) is 4.77. The van der Waals surface area contributed by atoms with Gasteiger partial charge in [0.2, 0.25) is 11.8 Å². The lowest BCUT2D eigenvalue weighted by atomic mass is 9.96. The zero-order chi connectivity index (χ0) is 39.7.